The first-order valence-electron chi connectivity index (χ1n) is 6.82. The van der Waals surface area contributed by atoms with Crippen LogP contribution in [-0.4, -0.2) is 25.2 Å². The third-order valence-electron chi connectivity index (χ3n) is 3.47. The fraction of sp³-hybridized carbons (Fsp3) is 0.375. The van der Waals surface area contributed by atoms with Crippen LogP contribution in [0.5, 0.6) is 0 Å². The molecule has 1 aliphatic rings. The van der Waals surface area contributed by atoms with Crippen LogP contribution in [0.25, 0.3) is 6.08 Å². The summed E-state index contributed by atoms with van der Waals surface area (Å²) in [7, 11) is 0. The molecule has 4 nitrogen and oxygen atoms in total. The molecular formula is C16H17FN2O2. The van der Waals surface area contributed by atoms with Crippen molar-refractivity contribution in [2.45, 2.75) is 19.4 Å². The first-order chi connectivity index (χ1) is 10.1. The lowest BCUT2D eigenvalue weighted by molar-refractivity contribution is -0.118. The summed E-state index contributed by atoms with van der Waals surface area (Å²) in [6.45, 7) is 2.79. The first-order valence-corrected chi connectivity index (χ1v) is 6.82. The minimum absolute atomic E-state index is 0.0394. The van der Waals surface area contributed by atoms with Crippen LogP contribution < -0.4 is 5.32 Å². The number of carbonyl (C=O) groups excluding carboxylic acids is 1. The van der Waals surface area contributed by atoms with Gasteiger partial charge in [-0.15, -0.1) is 0 Å². The summed E-state index contributed by atoms with van der Waals surface area (Å²) in [6, 6.07) is 7.44. The molecule has 0 radical (unpaired) electrons. The summed E-state index contributed by atoms with van der Waals surface area (Å²) >= 11 is 0. The molecule has 1 amide bonds. The van der Waals surface area contributed by atoms with E-state index in [-0.39, 0.29) is 17.6 Å². The lowest BCUT2D eigenvalue weighted by atomic mass is 10.00. The number of halogens is 1. The van der Waals surface area contributed by atoms with Crippen LogP contribution in [0, 0.1) is 23.1 Å². The van der Waals surface area contributed by atoms with Crippen molar-refractivity contribution < 1.29 is 13.9 Å². The SMILES string of the molecule is C/C(=C/c1ccc(F)cc1)C(=O)N[C@@H](C#N)[C@@H]1CCOC1. The Balaban J connectivity index is 2.01. The zero-order valence-electron chi connectivity index (χ0n) is 11.8. The van der Waals surface area contributed by atoms with Gasteiger partial charge in [0, 0.05) is 18.1 Å². The van der Waals surface area contributed by atoms with E-state index in [0.29, 0.717) is 18.8 Å². The Bertz CT molecular complexity index is 569. The molecule has 1 aliphatic heterocycles. The molecule has 21 heavy (non-hydrogen) atoms. The lowest BCUT2D eigenvalue weighted by Crippen LogP contribution is -2.39. The van der Waals surface area contributed by atoms with E-state index in [4.69, 9.17) is 10.00 Å². The Morgan fingerprint density at radius 1 is 1.52 bits per heavy atom. The zero-order valence-corrected chi connectivity index (χ0v) is 11.8. The van der Waals surface area contributed by atoms with Crippen molar-refractivity contribution in [3.05, 3.63) is 41.2 Å². The van der Waals surface area contributed by atoms with Gasteiger partial charge < -0.3 is 10.1 Å². The van der Waals surface area contributed by atoms with Gasteiger partial charge in [-0.05, 0) is 37.1 Å². The molecule has 0 bridgehead atoms. The predicted octanol–water partition coefficient (Wildman–Crippen LogP) is 2.27. The van der Waals surface area contributed by atoms with E-state index in [1.807, 2.05) is 0 Å². The highest BCUT2D eigenvalue weighted by molar-refractivity contribution is 5.97. The van der Waals surface area contributed by atoms with Gasteiger partial charge in [0.15, 0.2) is 0 Å². The highest BCUT2D eigenvalue weighted by Crippen LogP contribution is 2.17. The maximum atomic E-state index is 12.8. The molecule has 1 heterocycles. The van der Waals surface area contributed by atoms with E-state index in [9.17, 15) is 9.18 Å². The number of amides is 1. The average molecular weight is 288 g/mol. The average Bonchev–Trinajstić information content (AvgIpc) is 3.01. The van der Waals surface area contributed by atoms with Crippen LogP contribution in [0.2, 0.25) is 0 Å². The molecular weight excluding hydrogens is 271 g/mol. The van der Waals surface area contributed by atoms with Crippen molar-refractivity contribution in [2.24, 2.45) is 5.92 Å². The van der Waals surface area contributed by atoms with Crippen molar-refractivity contribution in [3.63, 3.8) is 0 Å². The van der Waals surface area contributed by atoms with Crippen molar-refractivity contribution >= 4 is 12.0 Å². The highest BCUT2D eigenvalue weighted by atomic mass is 19.1. The normalized spacial score (nSPS) is 19.9. The van der Waals surface area contributed by atoms with Gasteiger partial charge in [0.2, 0.25) is 5.91 Å². The van der Waals surface area contributed by atoms with Gasteiger partial charge in [0.25, 0.3) is 0 Å². The fourth-order valence-corrected chi connectivity index (χ4v) is 2.20. The molecule has 0 aliphatic carbocycles. The first kappa shape index (κ1) is 15.2. The number of carbonyl (C=O) groups is 1. The Morgan fingerprint density at radius 2 is 2.24 bits per heavy atom. The monoisotopic (exact) mass is 288 g/mol. The second-order valence-corrected chi connectivity index (χ2v) is 5.08. The number of hydrogen-bond acceptors (Lipinski definition) is 3. The number of nitrogens with zero attached hydrogens (tertiary/aromatic N) is 1. The van der Waals surface area contributed by atoms with E-state index in [1.54, 1.807) is 25.1 Å². The van der Waals surface area contributed by atoms with Crippen LogP contribution in [0.3, 0.4) is 0 Å². The van der Waals surface area contributed by atoms with Crippen LogP contribution in [0.1, 0.15) is 18.9 Å². The molecule has 0 unspecified atom stereocenters. The lowest BCUT2D eigenvalue weighted by Gasteiger charge is -2.16. The van der Waals surface area contributed by atoms with Crippen LogP contribution in [-0.2, 0) is 9.53 Å². The Labute approximate surface area is 123 Å². The Hall–Kier alpha value is -2.19. The summed E-state index contributed by atoms with van der Waals surface area (Å²) in [6.07, 6.45) is 2.44. The molecule has 0 saturated carbocycles. The molecule has 1 fully saturated rings. The largest absolute Gasteiger partial charge is 0.381 e. The smallest absolute Gasteiger partial charge is 0.247 e. The molecule has 110 valence electrons. The van der Waals surface area contributed by atoms with Gasteiger partial charge in [0.1, 0.15) is 11.9 Å². The van der Waals surface area contributed by atoms with Crippen LogP contribution >= 0.6 is 0 Å². The number of nitrogens with one attached hydrogen (secondary N) is 1. The molecule has 1 saturated heterocycles. The second-order valence-electron chi connectivity index (χ2n) is 5.08. The van der Waals surface area contributed by atoms with Gasteiger partial charge >= 0.3 is 0 Å². The molecule has 2 rings (SSSR count). The van der Waals surface area contributed by atoms with E-state index in [1.165, 1.54) is 12.1 Å². The van der Waals surface area contributed by atoms with E-state index < -0.39 is 6.04 Å². The topological polar surface area (TPSA) is 62.1 Å². The maximum absolute atomic E-state index is 12.8. The number of benzene rings is 1. The van der Waals surface area contributed by atoms with E-state index in [0.717, 1.165) is 12.0 Å². The van der Waals surface area contributed by atoms with Gasteiger partial charge in [-0.1, -0.05) is 12.1 Å². The quantitative estimate of drug-likeness (QED) is 0.865. The van der Waals surface area contributed by atoms with E-state index >= 15 is 0 Å². The number of nitriles is 1. The predicted molar refractivity (Wildman–Crippen MR) is 76.5 cm³/mol. The second kappa shape index (κ2) is 7.00. The molecule has 5 heteroatoms. The van der Waals surface area contributed by atoms with E-state index in [2.05, 4.69) is 11.4 Å². The number of ether oxygens (including phenoxy) is 1. The maximum Gasteiger partial charge on any atom is 0.247 e. The van der Waals surface area contributed by atoms with Gasteiger partial charge in [0.05, 0.1) is 12.7 Å². The molecule has 0 spiro atoms. The van der Waals surface area contributed by atoms with Crippen LogP contribution in [0.4, 0.5) is 4.39 Å². The van der Waals surface area contributed by atoms with Crippen molar-refractivity contribution in [3.8, 4) is 6.07 Å². The summed E-state index contributed by atoms with van der Waals surface area (Å²) in [5.74, 6) is -0.574. The van der Waals surface area contributed by atoms with Crippen molar-refractivity contribution in [1.82, 2.24) is 5.32 Å². The summed E-state index contributed by atoms with van der Waals surface area (Å²) < 4.78 is 18.1. The Morgan fingerprint density at radius 3 is 2.81 bits per heavy atom. The third-order valence-corrected chi connectivity index (χ3v) is 3.47. The number of hydrogen-bond donors (Lipinski definition) is 1. The standard InChI is InChI=1S/C16H17FN2O2/c1-11(8-12-2-4-14(17)5-3-12)16(20)19-15(9-18)13-6-7-21-10-13/h2-5,8,13,15H,6-7,10H2,1H3,(H,19,20)/b11-8-/t13-,15+/m1/s1. The van der Waals surface area contributed by atoms with Gasteiger partial charge in [-0.3, -0.25) is 4.79 Å². The van der Waals surface area contributed by atoms with Crippen LogP contribution in [0.15, 0.2) is 29.8 Å². The van der Waals surface area contributed by atoms with Gasteiger partial charge in [-0.25, -0.2) is 4.39 Å². The van der Waals surface area contributed by atoms with Crippen molar-refractivity contribution in [1.29, 1.82) is 5.26 Å². The number of rotatable bonds is 4. The molecule has 1 aromatic rings. The molecule has 1 aromatic carbocycles. The van der Waals surface area contributed by atoms with Gasteiger partial charge in [-0.2, -0.15) is 5.26 Å². The molecule has 1 N–H and O–H groups in total. The van der Waals surface area contributed by atoms with Crippen molar-refractivity contribution in [2.75, 3.05) is 13.2 Å². The highest BCUT2D eigenvalue weighted by Gasteiger charge is 2.27. The third kappa shape index (κ3) is 4.14. The molecule has 0 aromatic heterocycles. The summed E-state index contributed by atoms with van der Waals surface area (Å²) in [5, 5.41) is 11.9. The minimum atomic E-state index is -0.545. The Kier molecular flexibility index (Phi) is 5.07. The minimum Gasteiger partial charge on any atom is -0.381 e. The molecule has 2 atom stereocenters. The summed E-state index contributed by atoms with van der Waals surface area (Å²) in [4.78, 5) is 12.1. The zero-order chi connectivity index (χ0) is 15.2. The fourth-order valence-electron chi connectivity index (χ4n) is 2.20. The summed E-state index contributed by atoms with van der Waals surface area (Å²) in [5.41, 5.74) is 1.21.